The fourth-order valence-electron chi connectivity index (χ4n) is 1.46. The van der Waals surface area contributed by atoms with Gasteiger partial charge in [0.25, 0.3) is 0 Å². The molecule has 0 aromatic heterocycles. The summed E-state index contributed by atoms with van der Waals surface area (Å²) in [5.41, 5.74) is 1.08. The minimum atomic E-state index is -0.963. The molecule has 5 nitrogen and oxygen atoms in total. The van der Waals surface area contributed by atoms with Gasteiger partial charge in [-0.25, -0.2) is 4.79 Å². The molecule has 1 rings (SSSR count). The Balaban J connectivity index is 2.77. The number of halogens is 1. The fraction of sp³-hybridized carbons (Fsp3) is 0.333. The zero-order valence-corrected chi connectivity index (χ0v) is 11.8. The van der Waals surface area contributed by atoms with E-state index in [1.165, 1.54) is 0 Å². The monoisotopic (exact) mass is 314 g/mol. The molecule has 1 aromatic rings. The second kappa shape index (κ2) is 6.39. The SMILES string of the molecule is CNC(=O)CCN(C)c1ccc(C(=O)O)cc1Br. The lowest BCUT2D eigenvalue weighted by Crippen LogP contribution is -2.26. The van der Waals surface area contributed by atoms with E-state index >= 15 is 0 Å². The Labute approximate surface area is 114 Å². The molecule has 0 bridgehead atoms. The average Bonchev–Trinajstić information content (AvgIpc) is 2.35. The van der Waals surface area contributed by atoms with Crippen LogP contribution < -0.4 is 10.2 Å². The van der Waals surface area contributed by atoms with Crippen LogP contribution in [0.15, 0.2) is 22.7 Å². The largest absolute Gasteiger partial charge is 0.478 e. The topological polar surface area (TPSA) is 69.6 Å². The first kappa shape index (κ1) is 14.5. The number of anilines is 1. The Hall–Kier alpha value is -1.56. The van der Waals surface area contributed by atoms with Crippen LogP contribution in [0.2, 0.25) is 0 Å². The third-order valence-corrected chi connectivity index (χ3v) is 3.19. The van der Waals surface area contributed by atoms with Gasteiger partial charge in [-0.1, -0.05) is 0 Å². The van der Waals surface area contributed by atoms with Gasteiger partial charge in [-0.3, -0.25) is 4.79 Å². The lowest BCUT2D eigenvalue weighted by Gasteiger charge is -2.20. The molecule has 0 saturated carbocycles. The molecule has 1 amide bonds. The Morgan fingerprint density at radius 1 is 1.44 bits per heavy atom. The van der Waals surface area contributed by atoms with Crippen molar-refractivity contribution in [2.75, 3.05) is 25.5 Å². The van der Waals surface area contributed by atoms with E-state index in [1.807, 2.05) is 11.9 Å². The number of hydrogen-bond acceptors (Lipinski definition) is 3. The highest BCUT2D eigenvalue weighted by molar-refractivity contribution is 9.10. The number of nitrogens with zero attached hydrogens (tertiary/aromatic N) is 1. The van der Waals surface area contributed by atoms with Gasteiger partial charge in [-0.05, 0) is 34.1 Å². The summed E-state index contributed by atoms with van der Waals surface area (Å²) >= 11 is 3.33. The summed E-state index contributed by atoms with van der Waals surface area (Å²) in [5, 5.41) is 11.4. The zero-order valence-electron chi connectivity index (χ0n) is 10.2. The first-order valence-corrected chi connectivity index (χ1v) is 6.19. The van der Waals surface area contributed by atoms with Crippen molar-refractivity contribution in [3.63, 3.8) is 0 Å². The zero-order chi connectivity index (χ0) is 13.7. The number of benzene rings is 1. The van der Waals surface area contributed by atoms with Crippen LogP contribution in [-0.4, -0.2) is 37.6 Å². The first-order chi connectivity index (χ1) is 8.45. The van der Waals surface area contributed by atoms with Gasteiger partial charge in [0.1, 0.15) is 0 Å². The second-order valence-electron chi connectivity index (χ2n) is 3.82. The van der Waals surface area contributed by atoms with Crippen molar-refractivity contribution in [2.24, 2.45) is 0 Å². The molecular formula is C12H15BrN2O3. The van der Waals surface area contributed by atoms with Crippen LogP contribution in [-0.2, 0) is 4.79 Å². The summed E-state index contributed by atoms with van der Waals surface area (Å²) in [5.74, 6) is -0.990. The Morgan fingerprint density at radius 3 is 2.61 bits per heavy atom. The van der Waals surface area contributed by atoms with E-state index < -0.39 is 5.97 Å². The van der Waals surface area contributed by atoms with Gasteiger partial charge in [0.2, 0.25) is 5.91 Å². The molecule has 0 spiro atoms. The summed E-state index contributed by atoms with van der Waals surface area (Å²) in [6.45, 7) is 0.560. The highest BCUT2D eigenvalue weighted by Gasteiger charge is 2.10. The van der Waals surface area contributed by atoms with E-state index in [4.69, 9.17) is 5.11 Å². The van der Waals surface area contributed by atoms with E-state index in [0.29, 0.717) is 17.4 Å². The number of carboxylic acids is 1. The van der Waals surface area contributed by atoms with Crippen LogP contribution in [0.1, 0.15) is 16.8 Å². The summed E-state index contributed by atoms with van der Waals surface area (Å²) in [7, 11) is 3.45. The third kappa shape index (κ3) is 3.73. The molecule has 0 atom stereocenters. The van der Waals surface area contributed by atoms with Gasteiger partial charge < -0.3 is 15.3 Å². The molecule has 6 heteroatoms. The molecule has 0 unspecified atom stereocenters. The minimum absolute atomic E-state index is 0.0277. The van der Waals surface area contributed by atoms with Gasteiger partial charge in [-0.15, -0.1) is 0 Å². The fourth-order valence-corrected chi connectivity index (χ4v) is 2.15. The van der Waals surface area contributed by atoms with Crippen LogP contribution in [0.25, 0.3) is 0 Å². The summed E-state index contributed by atoms with van der Waals surface area (Å²) in [4.78, 5) is 23.8. The average molecular weight is 315 g/mol. The van der Waals surface area contributed by atoms with Crippen LogP contribution in [0, 0.1) is 0 Å². The highest BCUT2D eigenvalue weighted by atomic mass is 79.9. The molecule has 1 aromatic carbocycles. The molecule has 0 aliphatic carbocycles. The van der Waals surface area contributed by atoms with Crippen molar-refractivity contribution in [3.8, 4) is 0 Å². The normalized spacial score (nSPS) is 9.94. The number of carbonyl (C=O) groups is 2. The van der Waals surface area contributed by atoms with Gasteiger partial charge in [0, 0.05) is 31.5 Å². The predicted octanol–water partition coefficient (Wildman–Crippen LogP) is 1.72. The van der Waals surface area contributed by atoms with Crippen LogP contribution in [0.5, 0.6) is 0 Å². The Kier molecular flexibility index (Phi) is 5.15. The molecule has 98 valence electrons. The Morgan fingerprint density at radius 2 is 2.11 bits per heavy atom. The lowest BCUT2D eigenvalue weighted by molar-refractivity contribution is -0.120. The predicted molar refractivity (Wildman–Crippen MR) is 73.1 cm³/mol. The number of carbonyl (C=O) groups excluding carboxylic acids is 1. The molecule has 0 aliphatic heterocycles. The van der Waals surface area contributed by atoms with Gasteiger partial charge >= 0.3 is 5.97 Å². The number of carboxylic acid groups (broad SMARTS) is 1. The van der Waals surface area contributed by atoms with E-state index in [1.54, 1.807) is 25.2 Å². The first-order valence-electron chi connectivity index (χ1n) is 5.40. The van der Waals surface area contributed by atoms with Crippen molar-refractivity contribution in [1.29, 1.82) is 0 Å². The van der Waals surface area contributed by atoms with Crippen molar-refractivity contribution in [1.82, 2.24) is 5.32 Å². The molecule has 18 heavy (non-hydrogen) atoms. The van der Waals surface area contributed by atoms with E-state index in [2.05, 4.69) is 21.2 Å². The summed E-state index contributed by atoms with van der Waals surface area (Å²) in [6.07, 6.45) is 0.389. The standard InChI is InChI=1S/C12H15BrN2O3/c1-14-11(16)5-6-15(2)10-4-3-8(12(17)18)7-9(10)13/h3-4,7H,5-6H2,1-2H3,(H,14,16)(H,17,18). The third-order valence-electron chi connectivity index (χ3n) is 2.56. The van der Waals surface area contributed by atoms with Crippen molar-refractivity contribution in [2.45, 2.75) is 6.42 Å². The van der Waals surface area contributed by atoms with Crippen LogP contribution >= 0.6 is 15.9 Å². The maximum absolute atomic E-state index is 11.1. The van der Waals surface area contributed by atoms with Gasteiger partial charge in [0.05, 0.1) is 11.3 Å². The Bertz CT molecular complexity index is 463. The molecule has 0 radical (unpaired) electrons. The van der Waals surface area contributed by atoms with Crippen molar-refractivity contribution < 1.29 is 14.7 Å². The van der Waals surface area contributed by atoms with Crippen molar-refractivity contribution in [3.05, 3.63) is 28.2 Å². The number of aromatic carboxylic acids is 1. The molecule has 0 heterocycles. The van der Waals surface area contributed by atoms with Gasteiger partial charge in [0.15, 0.2) is 0 Å². The maximum atomic E-state index is 11.1. The van der Waals surface area contributed by atoms with Crippen molar-refractivity contribution >= 4 is 33.5 Å². The minimum Gasteiger partial charge on any atom is -0.478 e. The number of hydrogen-bond donors (Lipinski definition) is 2. The molecule has 0 aliphatic rings. The van der Waals surface area contributed by atoms with E-state index in [0.717, 1.165) is 5.69 Å². The van der Waals surface area contributed by atoms with E-state index in [9.17, 15) is 9.59 Å². The quantitative estimate of drug-likeness (QED) is 0.868. The summed E-state index contributed by atoms with van der Waals surface area (Å²) < 4.78 is 0.696. The van der Waals surface area contributed by atoms with Gasteiger partial charge in [-0.2, -0.15) is 0 Å². The lowest BCUT2D eigenvalue weighted by atomic mass is 10.2. The maximum Gasteiger partial charge on any atom is 0.335 e. The number of nitrogens with one attached hydrogen (secondary N) is 1. The summed E-state index contributed by atoms with van der Waals surface area (Å²) in [6, 6.07) is 4.81. The number of amides is 1. The number of rotatable bonds is 5. The molecule has 0 fully saturated rings. The van der Waals surface area contributed by atoms with Crippen LogP contribution in [0.4, 0.5) is 5.69 Å². The second-order valence-corrected chi connectivity index (χ2v) is 4.67. The smallest absolute Gasteiger partial charge is 0.335 e. The molecular weight excluding hydrogens is 300 g/mol. The molecule has 0 saturated heterocycles. The van der Waals surface area contributed by atoms with E-state index in [-0.39, 0.29) is 11.5 Å². The highest BCUT2D eigenvalue weighted by Crippen LogP contribution is 2.26. The molecule has 2 N–H and O–H groups in total. The van der Waals surface area contributed by atoms with Crippen LogP contribution in [0.3, 0.4) is 0 Å².